The van der Waals surface area contributed by atoms with Gasteiger partial charge in [-0.25, -0.2) is 0 Å². The number of hydrogen-bond donors (Lipinski definition) is 0. The van der Waals surface area contributed by atoms with E-state index in [1.165, 1.54) is 48.8 Å². The second-order valence-corrected chi connectivity index (χ2v) is 6.50. The first-order chi connectivity index (χ1) is 8.25. The van der Waals surface area contributed by atoms with E-state index in [9.17, 15) is 0 Å². The van der Waals surface area contributed by atoms with Crippen LogP contribution in [0.25, 0.3) is 0 Å². The van der Waals surface area contributed by atoms with Gasteiger partial charge in [-0.1, -0.05) is 41.3 Å². The van der Waals surface area contributed by atoms with E-state index in [0.29, 0.717) is 0 Å². The molecule has 1 nitrogen and oxygen atoms in total. The van der Waals surface area contributed by atoms with Gasteiger partial charge in [0.1, 0.15) is 0 Å². The normalized spacial score (nSPS) is 25.1. The number of hydrogen-bond acceptors (Lipinski definition) is 1. The zero-order chi connectivity index (χ0) is 11.8. The van der Waals surface area contributed by atoms with Gasteiger partial charge in [0.2, 0.25) is 0 Å². The van der Waals surface area contributed by atoms with Crippen LogP contribution in [0.15, 0.2) is 22.7 Å². The number of fused-ring (bicyclic) bond motifs is 1. The summed E-state index contributed by atoms with van der Waals surface area (Å²) in [5.41, 5.74) is 3.03. The maximum atomic E-state index is 3.58. The van der Waals surface area contributed by atoms with Gasteiger partial charge in [0, 0.05) is 29.7 Å². The third kappa shape index (κ3) is 2.12. The van der Waals surface area contributed by atoms with Gasteiger partial charge < -0.3 is 4.90 Å². The van der Waals surface area contributed by atoms with E-state index in [1.807, 2.05) is 0 Å². The molecule has 1 saturated carbocycles. The highest BCUT2D eigenvalue weighted by atomic mass is 79.9. The fourth-order valence-corrected chi connectivity index (χ4v) is 3.94. The van der Waals surface area contributed by atoms with Crippen LogP contribution in [0.4, 0.5) is 5.69 Å². The number of nitrogens with zero attached hydrogens (tertiary/aromatic N) is 1. The molecule has 1 aliphatic heterocycles. The largest absolute Gasteiger partial charge is 0.374 e. The molecule has 0 spiro atoms. The summed E-state index contributed by atoms with van der Waals surface area (Å²) < 4.78 is 1.20. The molecule has 0 aromatic heterocycles. The molecular weight excluding hydrogens is 274 g/mol. The first kappa shape index (κ1) is 11.6. The van der Waals surface area contributed by atoms with Crippen molar-refractivity contribution in [2.24, 2.45) is 5.92 Å². The molecule has 0 N–H and O–H groups in total. The minimum Gasteiger partial charge on any atom is -0.374 e. The molecule has 0 radical (unpaired) electrons. The average molecular weight is 294 g/mol. The van der Waals surface area contributed by atoms with Gasteiger partial charge in [-0.05, 0) is 36.5 Å². The lowest BCUT2D eigenvalue weighted by molar-refractivity contribution is 0.313. The SMILES string of the molecule is CN1CC(C2CCCCC2)c2ccc(Br)cc21. The van der Waals surface area contributed by atoms with Crippen molar-refractivity contribution in [3.63, 3.8) is 0 Å². The molecule has 0 saturated heterocycles. The lowest BCUT2D eigenvalue weighted by Gasteiger charge is -2.27. The molecule has 1 heterocycles. The number of likely N-dealkylation sites (N-methyl/N-ethyl adjacent to an activating group) is 1. The Labute approximate surface area is 112 Å². The Morgan fingerprint density at radius 3 is 2.71 bits per heavy atom. The van der Waals surface area contributed by atoms with E-state index >= 15 is 0 Å². The van der Waals surface area contributed by atoms with E-state index in [-0.39, 0.29) is 0 Å². The number of anilines is 1. The minimum absolute atomic E-state index is 0.781. The Bertz CT molecular complexity index is 409. The highest BCUT2D eigenvalue weighted by Gasteiger charge is 2.33. The van der Waals surface area contributed by atoms with Crippen molar-refractivity contribution < 1.29 is 0 Å². The zero-order valence-electron chi connectivity index (χ0n) is 10.5. The summed E-state index contributed by atoms with van der Waals surface area (Å²) in [5.74, 6) is 1.71. The van der Waals surface area contributed by atoms with Crippen LogP contribution in [-0.4, -0.2) is 13.6 Å². The molecule has 0 amide bonds. The molecule has 3 rings (SSSR count). The molecule has 2 aliphatic rings. The first-order valence-electron chi connectivity index (χ1n) is 6.76. The fraction of sp³-hybridized carbons (Fsp3) is 0.600. The van der Waals surface area contributed by atoms with E-state index < -0.39 is 0 Å². The number of rotatable bonds is 1. The lowest BCUT2D eigenvalue weighted by Crippen LogP contribution is -2.22. The van der Waals surface area contributed by atoms with Crippen LogP contribution >= 0.6 is 15.9 Å². The maximum Gasteiger partial charge on any atom is 0.0411 e. The smallest absolute Gasteiger partial charge is 0.0411 e. The Morgan fingerprint density at radius 1 is 1.18 bits per heavy atom. The van der Waals surface area contributed by atoms with Crippen LogP contribution in [0, 0.1) is 5.92 Å². The monoisotopic (exact) mass is 293 g/mol. The molecule has 1 aromatic rings. The lowest BCUT2D eigenvalue weighted by atomic mass is 9.78. The third-order valence-electron chi connectivity index (χ3n) is 4.49. The van der Waals surface area contributed by atoms with Crippen molar-refractivity contribution in [3.8, 4) is 0 Å². The molecule has 2 heteroatoms. The molecule has 92 valence electrons. The van der Waals surface area contributed by atoms with E-state index in [0.717, 1.165) is 11.8 Å². The van der Waals surface area contributed by atoms with Gasteiger partial charge >= 0.3 is 0 Å². The van der Waals surface area contributed by atoms with Crippen LogP contribution in [0.1, 0.15) is 43.6 Å². The molecule has 17 heavy (non-hydrogen) atoms. The fourth-order valence-electron chi connectivity index (χ4n) is 3.59. The summed E-state index contributed by atoms with van der Waals surface area (Å²) in [5, 5.41) is 0. The molecule has 1 aliphatic carbocycles. The highest BCUT2D eigenvalue weighted by molar-refractivity contribution is 9.10. The summed E-state index contributed by atoms with van der Waals surface area (Å²) in [4.78, 5) is 2.43. The molecule has 1 unspecified atom stereocenters. The Hall–Kier alpha value is -0.500. The van der Waals surface area contributed by atoms with Gasteiger partial charge in [-0.15, -0.1) is 0 Å². The first-order valence-corrected chi connectivity index (χ1v) is 7.55. The average Bonchev–Trinajstić information content (AvgIpc) is 2.68. The number of benzene rings is 1. The van der Waals surface area contributed by atoms with Crippen LogP contribution in [0.2, 0.25) is 0 Å². The van der Waals surface area contributed by atoms with Crippen molar-refractivity contribution >= 4 is 21.6 Å². The minimum atomic E-state index is 0.781. The molecule has 1 atom stereocenters. The topological polar surface area (TPSA) is 3.24 Å². The van der Waals surface area contributed by atoms with Gasteiger partial charge in [-0.2, -0.15) is 0 Å². The Kier molecular flexibility index (Phi) is 3.16. The molecule has 1 fully saturated rings. The quantitative estimate of drug-likeness (QED) is 0.733. The van der Waals surface area contributed by atoms with Crippen LogP contribution in [0.3, 0.4) is 0 Å². The van der Waals surface area contributed by atoms with Crippen LogP contribution in [-0.2, 0) is 0 Å². The van der Waals surface area contributed by atoms with Crippen molar-refractivity contribution in [2.75, 3.05) is 18.5 Å². The Morgan fingerprint density at radius 2 is 1.94 bits per heavy atom. The van der Waals surface area contributed by atoms with Crippen LogP contribution in [0.5, 0.6) is 0 Å². The zero-order valence-corrected chi connectivity index (χ0v) is 12.0. The molecule has 1 aromatic carbocycles. The molecular formula is C15H20BrN. The summed E-state index contributed by atoms with van der Waals surface area (Å²) in [6, 6.07) is 6.81. The maximum absolute atomic E-state index is 3.58. The van der Waals surface area contributed by atoms with Crippen molar-refractivity contribution in [1.82, 2.24) is 0 Å². The summed E-state index contributed by atoms with van der Waals surface area (Å²) >= 11 is 3.58. The summed E-state index contributed by atoms with van der Waals surface area (Å²) in [6.07, 6.45) is 7.21. The van der Waals surface area contributed by atoms with Gasteiger partial charge in [0.15, 0.2) is 0 Å². The van der Waals surface area contributed by atoms with E-state index in [1.54, 1.807) is 5.56 Å². The summed E-state index contributed by atoms with van der Waals surface area (Å²) in [7, 11) is 2.23. The Balaban J connectivity index is 1.89. The van der Waals surface area contributed by atoms with Crippen LogP contribution < -0.4 is 4.90 Å². The second-order valence-electron chi connectivity index (χ2n) is 5.59. The van der Waals surface area contributed by atoms with Gasteiger partial charge in [0.05, 0.1) is 0 Å². The number of halogens is 1. The van der Waals surface area contributed by atoms with E-state index in [2.05, 4.69) is 46.1 Å². The van der Waals surface area contributed by atoms with E-state index in [4.69, 9.17) is 0 Å². The van der Waals surface area contributed by atoms with Crippen molar-refractivity contribution in [1.29, 1.82) is 0 Å². The third-order valence-corrected chi connectivity index (χ3v) is 4.99. The predicted molar refractivity (Wildman–Crippen MR) is 76.7 cm³/mol. The highest BCUT2D eigenvalue weighted by Crippen LogP contribution is 2.45. The molecule has 0 bridgehead atoms. The van der Waals surface area contributed by atoms with Crippen molar-refractivity contribution in [3.05, 3.63) is 28.2 Å². The van der Waals surface area contributed by atoms with Gasteiger partial charge in [-0.3, -0.25) is 0 Å². The standard InChI is InChI=1S/C15H20BrN/c1-17-10-14(11-5-3-2-4-6-11)13-8-7-12(16)9-15(13)17/h7-9,11,14H,2-6,10H2,1H3. The predicted octanol–water partition coefficient (Wildman–Crippen LogP) is 4.56. The summed E-state index contributed by atoms with van der Waals surface area (Å²) in [6.45, 7) is 1.22. The van der Waals surface area contributed by atoms with Crippen molar-refractivity contribution in [2.45, 2.75) is 38.0 Å². The van der Waals surface area contributed by atoms with Gasteiger partial charge in [0.25, 0.3) is 0 Å². The second kappa shape index (κ2) is 4.64.